The van der Waals surface area contributed by atoms with Gasteiger partial charge in [-0.3, -0.25) is 0 Å². The first-order valence-electron chi connectivity index (χ1n) is 7.14. The van der Waals surface area contributed by atoms with Crippen molar-refractivity contribution in [3.05, 3.63) is 27.7 Å². The highest BCUT2D eigenvalue weighted by Crippen LogP contribution is 2.34. The molecule has 0 bridgehead atoms. The number of piperazine rings is 1. The van der Waals surface area contributed by atoms with Gasteiger partial charge in [-0.1, -0.05) is 30.9 Å². The van der Waals surface area contributed by atoms with Crippen LogP contribution in [0.3, 0.4) is 0 Å². The molecule has 2 nitrogen and oxygen atoms in total. The van der Waals surface area contributed by atoms with Crippen molar-refractivity contribution >= 4 is 33.2 Å². The minimum absolute atomic E-state index is 0.350. The van der Waals surface area contributed by atoms with Crippen LogP contribution in [0.15, 0.2) is 22.7 Å². The molecule has 0 amide bonds. The van der Waals surface area contributed by atoms with Gasteiger partial charge in [0, 0.05) is 35.3 Å². The van der Waals surface area contributed by atoms with E-state index in [0.717, 1.165) is 29.1 Å². The highest BCUT2D eigenvalue weighted by atomic mass is 79.9. The van der Waals surface area contributed by atoms with Crippen LogP contribution < -0.4 is 10.2 Å². The molecule has 19 heavy (non-hydrogen) atoms. The Bertz CT molecular complexity index is 452. The second-order valence-electron chi connectivity index (χ2n) is 5.79. The molecular weight excluding hydrogens is 324 g/mol. The van der Waals surface area contributed by atoms with Crippen LogP contribution in [0.5, 0.6) is 0 Å². The van der Waals surface area contributed by atoms with Crippen molar-refractivity contribution in [3.8, 4) is 0 Å². The molecule has 1 saturated carbocycles. The van der Waals surface area contributed by atoms with Crippen LogP contribution in [0.2, 0.25) is 5.02 Å². The Hall–Kier alpha value is -0.250. The van der Waals surface area contributed by atoms with E-state index in [1.54, 1.807) is 0 Å². The maximum absolute atomic E-state index is 6.08. The van der Waals surface area contributed by atoms with Gasteiger partial charge in [0.1, 0.15) is 0 Å². The average Bonchev–Trinajstić information content (AvgIpc) is 2.43. The summed E-state index contributed by atoms with van der Waals surface area (Å²) in [4.78, 5) is 2.50. The lowest BCUT2D eigenvalue weighted by atomic mass is 9.80. The lowest BCUT2D eigenvalue weighted by Crippen LogP contribution is -2.61. The van der Waals surface area contributed by atoms with Gasteiger partial charge >= 0.3 is 0 Å². The SMILES string of the molecule is Clc1ccc(N2CCNC3(CCCCC3)C2)cc1Br. The van der Waals surface area contributed by atoms with Crippen LogP contribution in [-0.2, 0) is 0 Å². The smallest absolute Gasteiger partial charge is 0.0549 e. The number of benzene rings is 1. The third-order valence-electron chi connectivity index (χ3n) is 4.45. The van der Waals surface area contributed by atoms with Gasteiger partial charge in [0.05, 0.1) is 5.02 Å². The average molecular weight is 344 g/mol. The molecule has 1 saturated heterocycles. The van der Waals surface area contributed by atoms with E-state index in [1.807, 2.05) is 6.07 Å². The first-order valence-corrected chi connectivity index (χ1v) is 8.31. The minimum atomic E-state index is 0.350. The summed E-state index contributed by atoms with van der Waals surface area (Å²) in [7, 11) is 0. The largest absolute Gasteiger partial charge is 0.368 e. The van der Waals surface area contributed by atoms with Gasteiger partial charge in [-0.15, -0.1) is 0 Å². The van der Waals surface area contributed by atoms with Crippen molar-refractivity contribution in [3.63, 3.8) is 0 Å². The standard InChI is InChI=1S/C15H20BrClN2/c16-13-10-12(4-5-14(13)17)19-9-8-18-15(11-19)6-2-1-3-7-15/h4-5,10,18H,1-3,6-9,11H2. The number of halogens is 2. The fourth-order valence-corrected chi connectivity index (χ4v) is 3.91. The summed E-state index contributed by atoms with van der Waals surface area (Å²) in [6.45, 7) is 3.29. The predicted molar refractivity (Wildman–Crippen MR) is 85.2 cm³/mol. The van der Waals surface area contributed by atoms with Gasteiger partial charge in [-0.2, -0.15) is 0 Å². The van der Waals surface area contributed by atoms with E-state index in [4.69, 9.17) is 11.6 Å². The van der Waals surface area contributed by atoms with Crippen LogP contribution in [-0.4, -0.2) is 25.2 Å². The molecule has 0 atom stereocenters. The zero-order valence-corrected chi connectivity index (χ0v) is 13.4. The minimum Gasteiger partial charge on any atom is -0.368 e. The zero-order chi connectivity index (χ0) is 13.3. The van der Waals surface area contributed by atoms with Crippen molar-refractivity contribution in [2.75, 3.05) is 24.5 Å². The number of anilines is 1. The number of hydrogen-bond acceptors (Lipinski definition) is 2. The summed E-state index contributed by atoms with van der Waals surface area (Å²) >= 11 is 9.61. The molecule has 1 aromatic carbocycles. The number of hydrogen-bond donors (Lipinski definition) is 1. The van der Waals surface area contributed by atoms with Crippen molar-refractivity contribution in [1.29, 1.82) is 0 Å². The van der Waals surface area contributed by atoms with E-state index < -0.39 is 0 Å². The topological polar surface area (TPSA) is 15.3 Å². The maximum Gasteiger partial charge on any atom is 0.0549 e. The zero-order valence-electron chi connectivity index (χ0n) is 11.1. The molecule has 3 rings (SSSR count). The summed E-state index contributed by atoms with van der Waals surface area (Å²) in [6.07, 6.45) is 6.77. The summed E-state index contributed by atoms with van der Waals surface area (Å²) in [5.74, 6) is 0. The summed E-state index contributed by atoms with van der Waals surface area (Å²) in [5.41, 5.74) is 1.63. The number of nitrogens with zero attached hydrogens (tertiary/aromatic N) is 1. The van der Waals surface area contributed by atoms with Crippen LogP contribution in [0.4, 0.5) is 5.69 Å². The van der Waals surface area contributed by atoms with E-state index in [0.29, 0.717) is 5.54 Å². The van der Waals surface area contributed by atoms with E-state index in [2.05, 4.69) is 38.3 Å². The third-order valence-corrected chi connectivity index (χ3v) is 5.67. The predicted octanol–water partition coefficient (Wildman–Crippen LogP) is 4.22. The second-order valence-corrected chi connectivity index (χ2v) is 7.05. The third kappa shape index (κ3) is 2.93. The Labute approximate surface area is 128 Å². The van der Waals surface area contributed by atoms with E-state index in [9.17, 15) is 0 Å². The normalized spacial score (nSPS) is 22.7. The molecule has 1 aliphatic heterocycles. The Morgan fingerprint density at radius 1 is 1.21 bits per heavy atom. The Balaban J connectivity index is 1.78. The Kier molecular flexibility index (Phi) is 4.06. The van der Waals surface area contributed by atoms with Crippen molar-refractivity contribution < 1.29 is 0 Å². The van der Waals surface area contributed by atoms with E-state index >= 15 is 0 Å². The molecule has 4 heteroatoms. The van der Waals surface area contributed by atoms with Crippen LogP contribution in [0.25, 0.3) is 0 Å². The quantitative estimate of drug-likeness (QED) is 0.821. The molecule has 1 aliphatic carbocycles. The van der Waals surface area contributed by atoms with E-state index in [1.165, 1.54) is 37.8 Å². The van der Waals surface area contributed by atoms with Crippen molar-refractivity contribution in [2.45, 2.75) is 37.6 Å². The van der Waals surface area contributed by atoms with Crippen LogP contribution in [0.1, 0.15) is 32.1 Å². The van der Waals surface area contributed by atoms with Crippen molar-refractivity contribution in [2.24, 2.45) is 0 Å². The van der Waals surface area contributed by atoms with Crippen LogP contribution in [0, 0.1) is 0 Å². The highest BCUT2D eigenvalue weighted by molar-refractivity contribution is 9.10. The molecule has 0 aromatic heterocycles. The Morgan fingerprint density at radius 2 is 2.00 bits per heavy atom. The van der Waals surface area contributed by atoms with Gasteiger partial charge in [0.25, 0.3) is 0 Å². The molecule has 104 valence electrons. The fourth-order valence-electron chi connectivity index (χ4n) is 3.42. The summed E-state index contributed by atoms with van der Waals surface area (Å²) in [5, 5.41) is 4.56. The van der Waals surface area contributed by atoms with Gasteiger partial charge < -0.3 is 10.2 Å². The maximum atomic E-state index is 6.08. The lowest BCUT2D eigenvalue weighted by molar-refractivity contribution is 0.216. The van der Waals surface area contributed by atoms with Crippen molar-refractivity contribution in [1.82, 2.24) is 5.32 Å². The van der Waals surface area contributed by atoms with Gasteiger partial charge in [0.2, 0.25) is 0 Å². The van der Waals surface area contributed by atoms with Gasteiger partial charge in [0.15, 0.2) is 0 Å². The molecule has 2 aliphatic rings. The van der Waals surface area contributed by atoms with Crippen LogP contribution >= 0.6 is 27.5 Å². The molecule has 2 fully saturated rings. The number of nitrogens with one attached hydrogen (secondary N) is 1. The molecule has 1 aromatic rings. The highest BCUT2D eigenvalue weighted by Gasteiger charge is 2.36. The first kappa shape index (κ1) is 13.7. The number of rotatable bonds is 1. The van der Waals surface area contributed by atoms with E-state index in [-0.39, 0.29) is 0 Å². The molecule has 0 radical (unpaired) electrons. The van der Waals surface area contributed by atoms with Gasteiger partial charge in [-0.05, 0) is 47.0 Å². The summed E-state index contributed by atoms with van der Waals surface area (Å²) in [6, 6.07) is 6.26. The first-order chi connectivity index (χ1) is 9.19. The fraction of sp³-hybridized carbons (Fsp3) is 0.600. The van der Waals surface area contributed by atoms with Gasteiger partial charge in [-0.25, -0.2) is 0 Å². The monoisotopic (exact) mass is 342 g/mol. The molecular formula is C15H20BrClN2. The second kappa shape index (κ2) is 5.63. The Morgan fingerprint density at radius 3 is 2.74 bits per heavy atom. The summed E-state index contributed by atoms with van der Waals surface area (Å²) < 4.78 is 0.989. The lowest BCUT2D eigenvalue weighted by Gasteiger charge is -2.47. The molecule has 1 spiro atoms. The molecule has 1 N–H and O–H groups in total. The molecule has 0 unspecified atom stereocenters. The molecule has 1 heterocycles.